The molecule has 0 aliphatic carbocycles. The largest absolute Gasteiger partial charge is 0.320 e. The smallest absolute Gasteiger partial charge is 0.175 e. The van der Waals surface area contributed by atoms with Crippen LogP contribution < -0.4 is 0 Å². The van der Waals surface area contributed by atoms with Crippen LogP contribution in [0.15, 0.2) is 77.7 Å². The van der Waals surface area contributed by atoms with Crippen LogP contribution in [-0.4, -0.2) is 24.2 Å². The molecule has 5 rings (SSSR count). The van der Waals surface area contributed by atoms with Crippen molar-refractivity contribution in [2.45, 2.75) is 23.8 Å². The molecule has 5 heteroatoms. The van der Waals surface area contributed by atoms with E-state index >= 15 is 0 Å². The molecular formula is C23H20N2O2S. The number of nitrogens with zero attached hydrogens (tertiary/aromatic N) is 2. The first kappa shape index (κ1) is 17.2. The third kappa shape index (κ3) is 2.83. The number of rotatable bonds is 3. The predicted molar refractivity (Wildman–Crippen MR) is 111 cm³/mol. The third-order valence-corrected chi connectivity index (χ3v) is 6.64. The van der Waals surface area contributed by atoms with Crippen LogP contribution in [0.2, 0.25) is 0 Å². The van der Waals surface area contributed by atoms with Crippen molar-refractivity contribution in [2.24, 2.45) is 0 Å². The number of fused-ring (bicyclic) bond motifs is 3. The van der Waals surface area contributed by atoms with Crippen LogP contribution in [0.5, 0.6) is 0 Å². The first-order chi connectivity index (χ1) is 13.5. The van der Waals surface area contributed by atoms with Crippen molar-refractivity contribution >= 4 is 20.9 Å². The molecule has 0 radical (unpaired) electrons. The van der Waals surface area contributed by atoms with E-state index in [-0.39, 0.29) is 0 Å². The highest BCUT2D eigenvalue weighted by Gasteiger charge is 2.27. The standard InChI is InChI=1S/C23H20N2O2S/c1-28(26,27)19-10-7-16(8-11-19)18-9-12-20-22(15-18)25-21(13-14-23(25)24-20)17-5-3-2-4-6-17/h2-12,15,21H,13-14H2,1H3. The van der Waals surface area contributed by atoms with E-state index in [0.29, 0.717) is 10.9 Å². The molecule has 1 aromatic heterocycles. The first-order valence-electron chi connectivity index (χ1n) is 9.37. The Bertz CT molecular complexity index is 1270. The first-order valence-corrected chi connectivity index (χ1v) is 11.3. The molecule has 140 valence electrons. The fourth-order valence-corrected chi connectivity index (χ4v) is 4.76. The monoisotopic (exact) mass is 388 g/mol. The summed E-state index contributed by atoms with van der Waals surface area (Å²) in [6, 6.07) is 24.2. The summed E-state index contributed by atoms with van der Waals surface area (Å²) < 4.78 is 25.8. The number of aromatic nitrogens is 2. The predicted octanol–water partition coefficient (Wildman–Crippen LogP) is 4.64. The molecule has 1 aliphatic rings. The van der Waals surface area contributed by atoms with E-state index in [1.807, 2.05) is 18.2 Å². The Morgan fingerprint density at radius 2 is 1.64 bits per heavy atom. The van der Waals surface area contributed by atoms with Crippen molar-refractivity contribution in [1.82, 2.24) is 9.55 Å². The van der Waals surface area contributed by atoms with Gasteiger partial charge in [-0.05, 0) is 47.4 Å². The number of imidazole rings is 1. The highest BCUT2D eigenvalue weighted by molar-refractivity contribution is 7.90. The molecule has 4 aromatic rings. The lowest BCUT2D eigenvalue weighted by Gasteiger charge is -2.15. The average molecular weight is 388 g/mol. The lowest BCUT2D eigenvalue weighted by Crippen LogP contribution is -2.05. The van der Waals surface area contributed by atoms with Crippen LogP contribution in [0.4, 0.5) is 0 Å². The van der Waals surface area contributed by atoms with Gasteiger partial charge in [-0.2, -0.15) is 0 Å². The highest BCUT2D eigenvalue weighted by Crippen LogP contribution is 2.36. The molecule has 1 unspecified atom stereocenters. The van der Waals surface area contributed by atoms with Gasteiger partial charge >= 0.3 is 0 Å². The summed E-state index contributed by atoms with van der Waals surface area (Å²) in [7, 11) is -3.19. The number of benzene rings is 3. The van der Waals surface area contributed by atoms with Crippen molar-refractivity contribution in [3.63, 3.8) is 0 Å². The Kier molecular flexibility index (Phi) is 3.88. The van der Waals surface area contributed by atoms with E-state index < -0.39 is 9.84 Å². The van der Waals surface area contributed by atoms with Crippen molar-refractivity contribution < 1.29 is 8.42 Å². The van der Waals surface area contributed by atoms with Crippen LogP contribution >= 0.6 is 0 Å². The lowest BCUT2D eigenvalue weighted by atomic mass is 10.0. The molecule has 4 nitrogen and oxygen atoms in total. The summed E-state index contributed by atoms with van der Waals surface area (Å²) in [5.74, 6) is 1.13. The van der Waals surface area contributed by atoms with Gasteiger partial charge < -0.3 is 4.57 Å². The lowest BCUT2D eigenvalue weighted by molar-refractivity contribution is 0.602. The molecule has 0 amide bonds. The number of aryl methyl sites for hydroxylation is 1. The van der Waals surface area contributed by atoms with Crippen LogP contribution in [0.1, 0.15) is 23.9 Å². The minimum atomic E-state index is -3.19. The zero-order chi connectivity index (χ0) is 19.3. The maximum absolute atomic E-state index is 11.7. The second-order valence-electron chi connectivity index (χ2n) is 7.36. The van der Waals surface area contributed by atoms with Crippen LogP contribution in [0, 0.1) is 0 Å². The van der Waals surface area contributed by atoms with Crippen LogP contribution in [0.3, 0.4) is 0 Å². The number of sulfone groups is 1. The molecule has 1 aliphatic heterocycles. The minimum Gasteiger partial charge on any atom is -0.320 e. The van der Waals surface area contributed by atoms with Gasteiger partial charge in [-0.3, -0.25) is 0 Å². The van der Waals surface area contributed by atoms with Gasteiger partial charge in [0.2, 0.25) is 0 Å². The van der Waals surface area contributed by atoms with Crippen molar-refractivity contribution in [3.8, 4) is 11.1 Å². The fourth-order valence-electron chi connectivity index (χ4n) is 4.13. The summed E-state index contributed by atoms with van der Waals surface area (Å²) in [4.78, 5) is 5.17. The Balaban J connectivity index is 1.61. The quantitative estimate of drug-likeness (QED) is 0.514. The van der Waals surface area contributed by atoms with E-state index in [4.69, 9.17) is 4.98 Å². The van der Waals surface area contributed by atoms with Gasteiger partial charge in [0.1, 0.15) is 5.82 Å². The minimum absolute atomic E-state index is 0.309. The average Bonchev–Trinajstić information content (AvgIpc) is 3.27. The van der Waals surface area contributed by atoms with Gasteiger partial charge in [-0.1, -0.05) is 48.5 Å². The van der Waals surface area contributed by atoms with E-state index in [2.05, 4.69) is 47.0 Å². The zero-order valence-electron chi connectivity index (χ0n) is 15.5. The van der Waals surface area contributed by atoms with E-state index in [1.54, 1.807) is 12.1 Å². The van der Waals surface area contributed by atoms with E-state index in [1.165, 1.54) is 11.8 Å². The van der Waals surface area contributed by atoms with Crippen molar-refractivity contribution in [3.05, 3.63) is 84.2 Å². The Labute approximate surface area is 164 Å². The van der Waals surface area contributed by atoms with Gasteiger partial charge in [-0.25, -0.2) is 13.4 Å². The Hall–Kier alpha value is -2.92. The van der Waals surface area contributed by atoms with Gasteiger partial charge in [0.15, 0.2) is 9.84 Å². The summed E-state index contributed by atoms with van der Waals surface area (Å²) in [5, 5.41) is 0. The fraction of sp³-hybridized carbons (Fsp3) is 0.174. The van der Waals surface area contributed by atoms with Crippen LogP contribution in [0.25, 0.3) is 22.2 Å². The summed E-state index contributed by atoms with van der Waals surface area (Å²) in [6.07, 6.45) is 3.27. The van der Waals surface area contributed by atoms with Crippen molar-refractivity contribution in [1.29, 1.82) is 0 Å². The summed E-state index contributed by atoms with van der Waals surface area (Å²) in [5.41, 5.74) is 5.51. The molecule has 0 N–H and O–H groups in total. The molecule has 0 saturated carbocycles. The molecule has 1 atom stereocenters. The Morgan fingerprint density at radius 3 is 2.36 bits per heavy atom. The topological polar surface area (TPSA) is 52.0 Å². The molecule has 0 spiro atoms. The Morgan fingerprint density at radius 1 is 0.929 bits per heavy atom. The normalized spacial score (nSPS) is 16.4. The van der Waals surface area contributed by atoms with Crippen molar-refractivity contribution in [2.75, 3.05) is 6.26 Å². The summed E-state index contributed by atoms with van der Waals surface area (Å²) >= 11 is 0. The van der Waals surface area contributed by atoms with Gasteiger partial charge in [0.05, 0.1) is 22.0 Å². The highest BCUT2D eigenvalue weighted by atomic mass is 32.2. The molecule has 2 heterocycles. The molecule has 28 heavy (non-hydrogen) atoms. The molecule has 0 bridgehead atoms. The van der Waals surface area contributed by atoms with Gasteiger partial charge in [0, 0.05) is 12.7 Å². The van der Waals surface area contributed by atoms with E-state index in [9.17, 15) is 8.42 Å². The molecule has 0 saturated heterocycles. The maximum atomic E-state index is 11.7. The van der Waals surface area contributed by atoms with E-state index in [0.717, 1.165) is 40.8 Å². The van der Waals surface area contributed by atoms with Gasteiger partial charge in [0.25, 0.3) is 0 Å². The van der Waals surface area contributed by atoms with Gasteiger partial charge in [-0.15, -0.1) is 0 Å². The van der Waals surface area contributed by atoms with Crippen LogP contribution in [-0.2, 0) is 16.3 Å². The molecule has 0 fully saturated rings. The maximum Gasteiger partial charge on any atom is 0.175 e. The molecular weight excluding hydrogens is 368 g/mol. The second kappa shape index (κ2) is 6.31. The number of hydrogen-bond acceptors (Lipinski definition) is 3. The molecule has 3 aromatic carbocycles. The third-order valence-electron chi connectivity index (χ3n) is 5.52. The summed E-state index contributed by atoms with van der Waals surface area (Å²) in [6.45, 7) is 0. The number of hydrogen-bond donors (Lipinski definition) is 0. The SMILES string of the molecule is CS(=O)(=O)c1ccc(-c2ccc3nc4n(c3c2)C(c2ccccc2)CC4)cc1. The zero-order valence-corrected chi connectivity index (χ0v) is 16.4. The second-order valence-corrected chi connectivity index (χ2v) is 9.38.